The number of nitrogens with zero attached hydrogens (tertiary/aromatic N) is 1. The van der Waals surface area contributed by atoms with Crippen LogP contribution < -0.4 is 5.32 Å². The molecular formula is C11H18N2O2. The summed E-state index contributed by atoms with van der Waals surface area (Å²) in [4.78, 5) is 4.31. The Morgan fingerprint density at radius 1 is 1.53 bits per heavy atom. The third-order valence-electron chi connectivity index (χ3n) is 2.17. The van der Waals surface area contributed by atoms with Crippen molar-refractivity contribution < 1.29 is 9.84 Å². The van der Waals surface area contributed by atoms with Crippen LogP contribution in [0.1, 0.15) is 18.2 Å². The molecule has 1 heterocycles. The normalized spacial score (nSPS) is 12.5. The Labute approximate surface area is 90.3 Å². The minimum atomic E-state index is 0.0396. The van der Waals surface area contributed by atoms with Gasteiger partial charge in [0.05, 0.1) is 12.7 Å². The molecule has 1 aromatic rings. The summed E-state index contributed by atoms with van der Waals surface area (Å²) in [6.07, 6.45) is 0.143. The van der Waals surface area contributed by atoms with Crippen molar-refractivity contribution in [3.8, 4) is 0 Å². The molecule has 1 atom stereocenters. The number of aliphatic hydroxyl groups is 1. The van der Waals surface area contributed by atoms with E-state index in [2.05, 4.69) is 10.3 Å². The lowest BCUT2D eigenvalue weighted by Gasteiger charge is -2.12. The van der Waals surface area contributed by atoms with Crippen LogP contribution in [-0.2, 0) is 11.3 Å². The predicted octanol–water partition coefficient (Wildman–Crippen LogP) is 1.33. The summed E-state index contributed by atoms with van der Waals surface area (Å²) in [5.41, 5.74) is 1.77. The zero-order chi connectivity index (χ0) is 11.3. The Morgan fingerprint density at radius 2 is 2.27 bits per heavy atom. The van der Waals surface area contributed by atoms with Gasteiger partial charge >= 0.3 is 0 Å². The van der Waals surface area contributed by atoms with Crippen LogP contribution in [-0.4, -0.2) is 29.8 Å². The first-order valence-electron chi connectivity index (χ1n) is 5.00. The summed E-state index contributed by atoms with van der Waals surface area (Å²) in [7, 11) is 1.68. The summed E-state index contributed by atoms with van der Waals surface area (Å²) in [6, 6.07) is 3.71. The number of hydrogen-bond acceptors (Lipinski definition) is 4. The van der Waals surface area contributed by atoms with Crippen LogP contribution in [0.5, 0.6) is 0 Å². The smallest absolute Gasteiger partial charge is 0.126 e. The molecule has 0 saturated carbocycles. The number of rotatable bonds is 5. The fourth-order valence-corrected chi connectivity index (χ4v) is 1.25. The number of hydrogen-bond donors (Lipinski definition) is 2. The number of methoxy groups -OCH3 is 1. The summed E-state index contributed by atoms with van der Waals surface area (Å²) in [6.45, 7) is 4.63. The van der Waals surface area contributed by atoms with Crippen molar-refractivity contribution in [3.63, 3.8) is 0 Å². The zero-order valence-electron chi connectivity index (χ0n) is 9.45. The molecule has 15 heavy (non-hydrogen) atoms. The van der Waals surface area contributed by atoms with Crippen molar-refractivity contribution >= 4 is 5.82 Å². The highest BCUT2D eigenvalue weighted by atomic mass is 16.5. The quantitative estimate of drug-likeness (QED) is 0.769. The Kier molecular flexibility index (Phi) is 4.52. The van der Waals surface area contributed by atoms with E-state index in [1.54, 1.807) is 7.11 Å². The van der Waals surface area contributed by atoms with Gasteiger partial charge in [0, 0.05) is 19.3 Å². The fourth-order valence-electron chi connectivity index (χ4n) is 1.25. The second-order valence-corrected chi connectivity index (χ2v) is 3.59. The van der Waals surface area contributed by atoms with Gasteiger partial charge < -0.3 is 15.2 Å². The number of aryl methyl sites for hydroxylation is 1. The van der Waals surface area contributed by atoms with Crippen molar-refractivity contribution in [2.45, 2.75) is 26.6 Å². The van der Waals surface area contributed by atoms with E-state index >= 15 is 0 Å². The second kappa shape index (κ2) is 5.68. The fraction of sp³-hybridized carbons (Fsp3) is 0.545. The molecule has 0 fully saturated rings. The number of aromatic nitrogens is 1. The van der Waals surface area contributed by atoms with E-state index in [0.717, 1.165) is 17.1 Å². The molecule has 4 heteroatoms. The molecule has 84 valence electrons. The van der Waals surface area contributed by atoms with E-state index in [4.69, 9.17) is 9.84 Å². The van der Waals surface area contributed by atoms with E-state index in [1.165, 1.54) is 0 Å². The molecule has 0 aliphatic heterocycles. The van der Waals surface area contributed by atoms with Gasteiger partial charge in [0.2, 0.25) is 0 Å². The number of aliphatic hydroxyl groups excluding tert-OH is 1. The summed E-state index contributed by atoms with van der Waals surface area (Å²) in [5.74, 6) is 0.781. The van der Waals surface area contributed by atoms with Crippen molar-refractivity contribution in [2.75, 3.05) is 19.0 Å². The molecule has 1 unspecified atom stereocenters. The van der Waals surface area contributed by atoms with E-state index in [9.17, 15) is 0 Å². The molecule has 0 radical (unpaired) electrons. The van der Waals surface area contributed by atoms with Gasteiger partial charge in [-0.2, -0.15) is 0 Å². The first-order valence-corrected chi connectivity index (χ1v) is 5.00. The molecule has 0 saturated heterocycles. The Balaban J connectivity index is 2.64. The maximum Gasteiger partial charge on any atom is 0.126 e. The average molecular weight is 210 g/mol. The van der Waals surface area contributed by atoms with E-state index in [0.29, 0.717) is 6.54 Å². The van der Waals surface area contributed by atoms with Crippen molar-refractivity contribution in [2.24, 2.45) is 0 Å². The molecule has 0 aliphatic rings. The number of nitrogens with one attached hydrogen (secondary N) is 1. The number of ether oxygens (including phenoxy) is 1. The van der Waals surface area contributed by atoms with Crippen LogP contribution in [0, 0.1) is 6.92 Å². The lowest BCUT2D eigenvalue weighted by Crippen LogP contribution is -2.18. The molecule has 0 bridgehead atoms. The van der Waals surface area contributed by atoms with Crippen LogP contribution in [0.4, 0.5) is 5.82 Å². The van der Waals surface area contributed by atoms with Gasteiger partial charge in [0.25, 0.3) is 0 Å². The monoisotopic (exact) mass is 210 g/mol. The number of pyridine rings is 1. The highest BCUT2D eigenvalue weighted by Crippen LogP contribution is 2.10. The first-order chi connectivity index (χ1) is 7.15. The Bertz CT molecular complexity index is 315. The molecule has 2 N–H and O–H groups in total. The molecule has 0 aliphatic carbocycles. The Morgan fingerprint density at radius 3 is 2.87 bits per heavy atom. The topological polar surface area (TPSA) is 54.4 Å². The van der Waals surface area contributed by atoms with Gasteiger partial charge in [-0.05, 0) is 31.5 Å². The minimum Gasteiger partial charge on any atom is -0.392 e. The molecule has 1 rings (SSSR count). The zero-order valence-corrected chi connectivity index (χ0v) is 9.45. The highest BCUT2D eigenvalue weighted by molar-refractivity contribution is 5.39. The maximum atomic E-state index is 9.03. The van der Waals surface area contributed by atoms with Crippen LogP contribution in [0.2, 0.25) is 0 Å². The van der Waals surface area contributed by atoms with Crippen molar-refractivity contribution in [1.29, 1.82) is 0 Å². The lowest BCUT2D eigenvalue weighted by molar-refractivity contribution is 0.128. The molecular weight excluding hydrogens is 192 g/mol. The van der Waals surface area contributed by atoms with Gasteiger partial charge in [0.1, 0.15) is 5.82 Å². The van der Waals surface area contributed by atoms with Crippen LogP contribution in [0.15, 0.2) is 12.1 Å². The van der Waals surface area contributed by atoms with E-state index in [-0.39, 0.29) is 12.7 Å². The molecule has 4 nitrogen and oxygen atoms in total. The van der Waals surface area contributed by atoms with E-state index in [1.807, 2.05) is 26.0 Å². The standard InChI is InChI=1S/C11H18N2O2/c1-8-4-10(7-14)5-11(13-8)12-6-9(2)15-3/h4-5,9,14H,6-7H2,1-3H3,(H,12,13). The maximum absolute atomic E-state index is 9.03. The number of anilines is 1. The van der Waals surface area contributed by atoms with Crippen LogP contribution in [0.3, 0.4) is 0 Å². The van der Waals surface area contributed by atoms with E-state index < -0.39 is 0 Å². The van der Waals surface area contributed by atoms with Crippen molar-refractivity contribution in [3.05, 3.63) is 23.4 Å². The lowest BCUT2D eigenvalue weighted by atomic mass is 10.2. The molecule has 0 aromatic carbocycles. The van der Waals surface area contributed by atoms with Crippen molar-refractivity contribution in [1.82, 2.24) is 4.98 Å². The van der Waals surface area contributed by atoms with Gasteiger partial charge in [-0.1, -0.05) is 0 Å². The summed E-state index contributed by atoms with van der Waals surface area (Å²) >= 11 is 0. The Hall–Kier alpha value is -1.13. The highest BCUT2D eigenvalue weighted by Gasteiger charge is 2.02. The van der Waals surface area contributed by atoms with Gasteiger partial charge in [-0.15, -0.1) is 0 Å². The van der Waals surface area contributed by atoms with Gasteiger partial charge in [-0.3, -0.25) is 0 Å². The van der Waals surface area contributed by atoms with Crippen LogP contribution >= 0.6 is 0 Å². The third kappa shape index (κ3) is 3.85. The third-order valence-corrected chi connectivity index (χ3v) is 2.17. The molecule has 0 amide bonds. The van der Waals surface area contributed by atoms with Gasteiger partial charge in [-0.25, -0.2) is 4.98 Å². The first kappa shape index (κ1) is 11.9. The average Bonchev–Trinajstić information content (AvgIpc) is 2.25. The second-order valence-electron chi connectivity index (χ2n) is 3.59. The molecule has 0 spiro atoms. The largest absolute Gasteiger partial charge is 0.392 e. The SMILES string of the molecule is COC(C)CNc1cc(CO)cc(C)n1. The predicted molar refractivity (Wildman–Crippen MR) is 59.9 cm³/mol. The van der Waals surface area contributed by atoms with Crippen LogP contribution in [0.25, 0.3) is 0 Å². The summed E-state index contributed by atoms with van der Waals surface area (Å²) < 4.78 is 5.12. The van der Waals surface area contributed by atoms with Gasteiger partial charge in [0.15, 0.2) is 0 Å². The minimum absolute atomic E-state index is 0.0396. The molecule has 1 aromatic heterocycles. The summed E-state index contributed by atoms with van der Waals surface area (Å²) in [5, 5.41) is 12.2.